The molecule has 1 fully saturated rings. The van der Waals surface area contributed by atoms with Crippen LogP contribution in [0, 0.1) is 0 Å². The number of ether oxygens (including phenoxy) is 1. The molecule has 0 bridgehead atoms. The second kappa shape index (κ2) is 5.66. The normalized spacial score (nSPS) is 21.7. The van der Waals surface area contributed by atoms with E-state index in [1.54, 1.807) is 0 Å². The third kappa shape index (κ3) is 3.30. The van der Waals surface area contributed by atoms with E-state index in [1.807, 2.05) is 6.07 Å². The van der Waals surface area contributed by atoms with Gasteiger partial charge >= 0.3 is 0 Å². The van der Waals surface area contributed by atoms with Gasteiger partial charge in [0.1, 0.15) is 11.9 Å². The van der Waals surface area contributed by atoms with Crippen LogP contribution in [0.25, 0.3) is 0 Å². The molecule has 0 aromatic heterocycles. The Kier molecular flexibility index (Phi) is 3.74. The SMILES string of the molecule is ClC1CC(Oc2ccc(Cc3ccccc3)cc2)C1. The van der Waals surface area contributed by atoms with Gasteiger partial charge in [0.05, 0.1) is 0 Å². The highest BCUT2D eigenvalue weighted by molar-refractivity contribution is 6.21. The predicted octanol–water partition coefficient (Wildman–Crippen LogP) is 4.43. The molecule has 0 amide bonds. The Morgan fingerprint density at radius 1 is 0.895 bits per heavy atom. The molecule has 1 saturated carbocycles. The van der Waals surface area contributed by atoms with Gasteiger partial charge in [0.2, 0.25) is 0 Å². The fourth-order valence-electron chi connectivity index (χ4n) is 2.31. The quantitative estimate of drug-likeness (QED) is 0.749. The molecule has 1 nitrogen and oxygen atoms in total. The van der Waals surface area contributed by atoms with Gasteiger partial charge in [0.25, 0.3) is 0 Å². The Balaban J connectivity index is 1.59. The van der Waals surface area contributed by atoms with Crippen molar-refractivity contribution in [1.29, 1.82) is 0 Å². The molecule has 0 N–H and O–H groups in total. The average Bonchev–Trinajstić information content (AvgIpc) is 2.40. The van der Waals surface area contributed by atoms with E-state index in [9.17, 15) is 0 Å². The van der Waals surface area contributed by atoms with E-state index >= 15 is 0 Å². The summed E-state index contributed by atoms with van der Waals surface area (Å²) in [6, 6.07) is 18.9. The van der Waals surface area contributed by atoms with Gasteiger partial charge in [-0.25, -0.2) is 0 Å². The third-order valence-electron chi connectivity index (χ3n) is 3.51. The van der Waals surface area contributed by atoms with Gasteiger partial charge in [-0.05, 0) is 29.7 Å². The largest absolute Gasteiger partial charge is 0.490 e. The van der Waals surface area contributed by atoms with Crippen molar-refractivity contribution < 1.29 is 4.74 Å². The maximum Gasteiger partial charge on any atom is 0.119 e. The molecule has 0 aliphatic heterocycles. The number of halogens is 1. The van der Waals surface area contributed by atoms with Crippen molar-refractivity contribution in [3.63, 3.8) is 0 Å². The minimum Gasteiger partial charge on any atom is -0.490 e. The van der Waals surface area contributed by atoms with Crippen molar-refractivity contribution in [2.24, 2.45) is 0 Å². The van der Waals surface area contributed by atoms with Crippen molar-refractivity contribution >= 4 is 11.6 Å². The zero-order chi connectivity index (χ0) is 13.1. The molecule has 1 aliphatic carbocycles. The fourth-order valence-corrected chi connectivity index (χ4v) is 2.71. The van der Waals surface area contributed by atoms with Gasteiger partial charge in [-0.3, -0.25) is 0 Å². The van der Waals surface area contributed by atoms with E-state index in [0.29, 0.717) is 11.5 Å². The first kappa shape index (κ1) is 12.6. The fraction of sp³-hybridized carbons (Fsp3) is 0.294. The average molecular weight is 273 g/mol. The molecule has 0 spiro atoms. The molecule has 2 heteroatoms. The minimum atomic E-state index is 0.308. The molecule has 0 atom stereocenters. The second-order valence-electron chi connectivity index (χ2n) is 5.11. The van der Waals surface area contributed by atoms with Gasteiger partial charge in [-0.2, -0.15) is 0 Å². The Morgan fingerprint density at radius 3 is 2.16 bits per heavy atom. The molecular formula is C17H17ClO. The standard InChI is InChI=1S/C17H17ClO/c18-15-11-17(12-15)19-16-8-6-14(7-9-16)10-13-4-2-1-3-5-13/h1-9,15,17H,10-12H2. The number of hydrogen-bond donors (Lipinski definition) is 0. The summed E-state index contributed by atoms with van der Waals surface area (Å²) in [6.07, 6.45) is 3.21. The molecule has 19 heavy (non-hydrogen) atoms. The lowest BCUT2D eigenvalue weighted by Crippen LogP contribution is -2.34. The summed E-state index contributed by atoms with van der Waals surface area (Å²) < 4.78 is 5.84. The van der Waals surface area contributed by atoms with Crippen LogP contribution in [-0.2, 0) is 6.42 Å². The summed E-state index contributed by atoms with van der Waals surface area (Å²) >= 11 is 5.95. The van der Waals surface area contributed by atoms with Gasteiger partial charge in [-0.15, -0.1) is 11.6 Å². The number of hydrogen-bond acceptors (Lipinski definition) is 1. The second-order valence-corrected chi connectivity index (χ2v) is 5.73. The monoisotopic (exact) mass is 272 g/mol. The van der Waals surface area contributed by atoms with Crippen LogP contribution in [0.2, 0.25) is 0 Å². The van der Waals surface area contributed by atoms with Gasteiger partial charge in [0, 0.05) is 18.2 Å². The Morgan fingerprint density at radius 2 is 1.53 bits per heavy atom. The van der Waals surface area contributed by atoms with Crippen LogP contribution in [0.3, 0.4) is 0 Å². The Bertz CT molecular complexity index is 515. The van der Waals surface area contributed by atoms with E-state index in [4.69, 9.17) is 16.3 Å². The molecule has 0 heterocycles. The third-order valence-corrected chi connectivity index (χ3v) is 3.87. The lowest BCUT2D eigenvalue weighted by atomic mass is 9.95. The first-order valence-corrected chi connectivity index (χ1v) is 7.17. The van der Waals surface area contributed by atoms with Crippen molar-refractivity contribution in [1.82, 2.24) is 0 Å². The van der Waals surface area contributed by atoms with E-state index in [-0.39, 0.29) is 0 Å². The maximum absolute atomic E-state index is 5.95. The van der Waals surface area contributed by atoms with E-state index in [2.05, 4.69) is 48.5 Å². The highest BCUT2D eigenvalue weighted by atomic mass is 35.5. The number of benzene rings is 2. The molecular weight excluding hydrogens is 256 g/mol. The lowest BCUT2D eigenvalue weighted by molar-refractivity contribution is 0.124. The topological polar surface area (TPSA) is 9.23 Å². The molecule has 2 aromatic carbocycles. The highest BCUT2D eigenvalue weighted by Crippen LogP contribution is 2.29. The van der Waals surface area contributed by atoms with Crippen LogP contribution in [0.4, 0.5) is 0 Å². The number of rotatable bonds is 4. The van der Waals surface area contributed by atoms with Gasteiger partial charge < -0.3 is 4.74 Å². The summed E-state index contributed by atoms with van der Waals surface area (Å²) in [4.78, 5) is 0. The zero-order valence-corrected chi connectivity index (χ0v) is 11.5. The molecule has 98 valence electrons. The van der Waals surface area contributed by atoms with E-state index in [1.165, 1.54) is 11.1 Å². The summed E-state index contributed by atoms with van der Waals surface area (Å²) in [5, 5.41) is 0.308. The lowest BCUT2D eigenvalue weighted by Gasteiger charge is -2.31. The Labute approximate surface area is 119 Å². The maximum atomic E-state index is 5.95. The highest BCUT2D eigenvalue weighted by Gasteiger charge is 2.28. The molecule has 2 aromatic rings. The van der Waals surface area contributed by atoms with Crippen LogP contribution in [0.1, 0.15) is 24.0 Å². The first-order valence-electron chi connectivity index (χ1n) is 6.73. The minimum absolute atomic E-state index is 0.308. The number of alkyl halides is 1. The van der Waals surface area contributed by atoms with Crippen LogP contribution < -0.4 is 4.74 Å². The molecule has 0 unspecified atom stereocenters. The van der Waals surface area contributed by atoms with Gasteiger partial charge in [0.15, 0.2) is 0 Å². The van der Waals surface area contributed by atoms with E-state index < -0.39 is 0 Å². The van der Waals surface area contributed by atoms with Crippen LogP contribution >= 0.6 is 11.6 Å². The van der Waals surface area contributed by atoms with Crippen molar-refractivity contribution in [2.45, 2.75) is 30.7 Å². The predicted molar refractivity (Wildman–Crippen MR) is 79.0 cm³/mol. The Hall–Kier alpha value is -1.47. The van der Waals surface area contributed by atoms with Crippen LogP contribution in [0.5, 0.6) is 5.75 Å². The first-order chi connectivity index (χ1) is 9.29. The van der Waals surface area contributed by atoms with E-state index in [0.717, 1.165) is 25.0 Å². The summed E-state index contributed by atoms with van der Waals surface area (Å²) in [5.41, 5.74) is 2.64. The molecule has 0 saturated heterocycles. The zero-order valence-electron chi connectivity index (χ0n) is 10.8. The molecule has 1 aliphatic rings. The summed E-state index contributed by atoms with van der Waals surface area (Å²) in [5.74, 6) is 0.949. The van der Waals surface area contributed by atoms with Crippen molar-refractivity contribution in [2.75, 3.05) is 0 Å². The van der Waals surface area contributed by atoms with Gasteiger partial charge in [-0.1, -0.05) is 42.5 Å². The van der Waals surface area contributed by atoms with Crippen molar-refractivity contribution in [3.05, 3.63) is 65.7 Å². The van der Waals surface area contributed by atoms with Crippen molar-refractivity contribution in [3.8, 4) is 5.75 Å². The van der Waals surface area contributed by atoms with Crippen LogP contribution in [0.15, 0.2) is 54.6 Å². The molecule has 0 radical (unpaired) electrons. The van der Waals surface area contributed by atoms with Crippen LogP contribution in [-0.4, -0.2) is 11.5 Å². The molecule has 3 rings (SSSR count). The summed E-state index contributed by atoms with van der Waals surface area (Å²) in [7, 11) is 0. The smallest absolute Gasteiger partial charge is 0.119 e. The summed E-state index contributed by atoms with van der Waals surface area (Å²) in [6.45, 7) is 0.